The van der Waals surface area contributed by atoms with E-state index in [0.717, 1.165) is 11.5 Å². The largest absolute Gasteiger partial charge is 0.487 e. The van der Waals surface area contributed by atoms with Gasteiger partial charge in [0.2, 0.25) is 0 Å². The zero-order valence-corrected chi connectivity index (χ0v) is 9.07. The number of anilines is 1. The topological polar surface area (TPSA) is 84.8 Å². The molecule has 0 bridgehead atoms. The lowest BCUT2D eigenvalue weighted by Crippen LogP contribution is -1.99. The minimum atomic E-state index is 0.286. The Labute approximate surface area is 96.3 Å². The van der Waals surface area contributed by atoms with E-state index in [9.17, 15) is 0 Å². The summed E-state index contributed by atoms with van der Waals surface area (Å²) in [7, 11) is 0. The monoisotopic (exact) mass is 232 g/mol. The van der Waals surface area contributed by atoms with E-state index in [1.165, 1.54) is 0 Å². The van der Waals surface area contributed by atoms with E-state index in [4.69, 9.17) is 15.7 Å². The molecule has 0 aliphatic rings. The van der Waals surface area contributed by atoms with Crippen molar-refractivity contribution in [1.29, 1.82) is 5.26 Å². The summed E-state index contributed by atoms with van der Waals surface area (Å²) in [6, 6.07) is 8.88. The predicted molar refractivity (Wildman–Crippen MR) is 59.8 cm³/mol. The lowest BCUT2D eigenvalue weighted by molar-refractivity contribution is 0.302. The van der Waals surface area contributed by atoms with Crippen LogP contribution in [-0.4, -0.2) is 9.59 Å². The number of benzene rings is 1. The van der Waals surface area contributed by atoms with Gasteiger partial charge >= 0.3 is 0 Å². The molecule has 16 heavy (non-hydrogen) atoms. The molecule has 0 aliphatic heterocycles. The van der Waals surface area contributed by atoms with Crippen LogP contribution < -0.4 is 10.5 Å². The highest BCUT2D eigenvalue weighted by atomic mass is 32.1. The second kappa shape index (κ2) is 4.59. The number of nitriles is 1. The fraction of sp³-hybridized carbons (Fsp3) is 0.100. The van der Waals surface area contributed by atoms with E-state index < -0.39 is 0 Å². The average molecular weight is 232 g/mol. The summed E-state index contributed by atoms with van der Waals surface area (Å²) in [5.74, 6) is 0.673. The molecular formula is C10H8N4OS. The number of nitrogen functional groups attached to an aromatic ring is 1. The Balaban J connectivity index is 2.00. The first-order valence-corrected chi connectivity index (χ1v) is 5.26. The maximum atomic E-state index is 8.62. The number of hydrogen-bond acceptors (Lipinski definition) is 6. The summed E-state index contributed by atoms with van der Waals surface area (Å²) in [6.07, 6.45) is 0. The molecule has 80 valence electrons. The Bertz CT molecular complexity index is 514. The van der Waals surface area contributed by atoms with Crippen LogP contribution in [0.25, 0.3) is 0 Å². The summed E-state index contributed by atoms with van der Waals surface area (Å²) in [5, 5.41) is 13.0. The molecule has 0 saturated heterocycles. The van der Waals surface area contributed by atoms with Crippen LogP contribution >= 0.6 is 11.5 Å². The van der Waals surface area contributed by atoms with Gasteiger partial charge in [-0.25, -0.2) is 0 Å². The Hall–Kier alpha value is -2.13. The molecule has 1 heterocycles. The van der Waals surface area contributed by atoms with E-state index >= 15 is 0 Å². The van der Waals surface area contributed by atoms with Crippen molar-refractivity contribution in [2.24, 2.45) is 0 Å². The van der Waals surface area contributed by atoms with Gasteiger partial charge in [-0.1, -0.05) is 4.49 Å². The molecule has 6 heteroatoms. The smallest absolute Gasteiger partial charge is 0.136 e. The Kier molecular flexibility index (Phi) is 2.98. The standard InChI is InChI=1S/C10H8N4OS/c11-5-7-1-3-8(4-2-7)15-6-9-10(12)16-14-13-9/h1-4H,6,12H2. The summed E-state index contributed by atoms with van der Waals surface area (Å²) in [6.45, 7) is 0.286. The summed E-state index contributed by atoms with van der Waals surface area (Å²) < 4.78 is 9.15. The molecular weight excluding hydrogens is 224 g/mol. The number of rotatable bonds is 3. The Morgan fingerprint density at radius 1 is 1.38 bits per heavy atom. The van der Waals surface area contributed by atoms with Gasteiger partial charge in [-0.15, -0.1) is 5.10 Å². The minimum Gasteiger partial charge on any atom is -0.487 e. The third kappa shape index (κ3) is 2.27. The molecule has 1 aromatic heterocycles. The van der Waals surface area contributed by atoms with Crippen molar-refractivity contribution in [3.05, 3.63) is 35.5 Å². The molecule has 0 atom stereocenters. The van der Waals surface area contributed by atoms with E-state index in [1.807, 2.05) is 6.07 Å². The highest BCUT2D eigenvalue weighted by molar-refractivity contribution is 7.09. The van der Waals surface area contributed by atoms with Gasteiger partial charge in [0.05, 0.1) is 11.6 Å². The molecule has 0 unspecified atom stereocenters. The molecule has 2 rings (SSSR count). The van der Waals surface area contributed by atoms with Gasteiger partial charge in [0, 0.05) is 11.5 Å². The van der Waals surface area contributed by atoms with Crippen molar-refractivity contribution in [3.63, 3.8) is 0 Å². The third-order valence-corrected chi connectivity index (χ3v) is 2.54. The van der Waals surface area contributed by atoms with Crippen molar-refractivity contribution in [3.8, 4) is 11.8 Å². The van der Waals surface area contributed by atoms with Gasteiger partial charge < -0.3 is 10.5 Å². The average Bonchev–Trinajstić information content (AvgIpc) is 2.73. The lowest BCUT2D eigenvalue weighted by atomic mass is 10.2. The molecule has 0 saturated carbocycles. The van der Waals surface area contributed by atoms with Crippen LogP contribution in [0.1, 0.15) is 11.3 Å². The molecule has 1 aromatic carbocycles. The number of hydrogen-bond donors (Lipinski definition) is 1. The highest BCUT2D eigenvalue weighted by Gasteiger charge is 2.04. The summed E-state index contributed by atoms with van der Waals surface area (Å²) in [5.41, 5.74) is 6.85. The first-order valence-electron chi connectivity index (χ1n) is 4.49. The molecule has 0 radical (unpaired) electrons. The van der Waals surface area contributed by atoms with Crippen LogP contribution in [-0.2, 0) is 6.61 Å². The summed E-state index contributed by atoms with van der Waals surface area (Å²) in [4.78, 5) is 0. The number of ether oxygens (including phenoxy) is 1. The summed E-state index contributed by atoms with van der Waals surface area (Å²) >= 11 is 1.14. The first-order chi connectivity index (χ1) is 7.79. The van der Waals surface area contributed by atoms with Gasteiger partial charge in [0.25, 0.3) is 0 Å². The van der Waals surface area contributed by atoms with Gasteiger partial charge in [-0.2, -0.15) is 5.26 Å². The van der Waals surface area contributed by atoms with Crippen molar-refractivity contribution in [2.45, 2.75) is 6.61 Å². The molecule has 2 N–H and O–H groups in total. The Morgan fingerprint density at radius 3 is 2.69 bits per heavy atom. The van der Waals surface area contributed by atoms with Crippen molar-refractivity contribution in [1.82, 2.24) is 9.59 Å². The third-order valence-electron chi connectivity index (χ3n) is 1.94. The molecule has 0 spiro atoms. The van der Waals surface area contributed by atoms with Crippen molar-refractivity contribution < 1.29 is 4.74 Å². The van der Waals surface area contributed by atoms with Crippen LogP contribution in [0.5, 0.6) is 5.75 Å². The van der Waals surface area contributed by atoms with Crippen LogP contribution in [0.2, 0.25) is 0 Å². The fourth-order valence-corrected chi connectivity index (χ4v) is 1.53. The van der Waals surface area contributed by atoms with Crippen molar-refractivity contribution >= 4 is 16.5 Å². The van der Waals surface area contributed by atoms with E-state index in [0.29, 0.717) is 22.0 Å². The first kappa shape index (κ1) is 10.4. The number of nitrogens with zero attached hydrogens (tertiary/aromatic N) is 3. The molecule has 0 amide bonds. The molecule has 0 aliphatic carbocycles. The second-order valence-corrected chi connectivity index (χ2v) is 3.79. The zero-order valence-electron chi connectivity index (χ0n) is 8.25. The maximum absolute atomic E-state index is 8.62. The fourth-order valence-electron chi connectivity index (χ4n) is 1.09. The van der Waals surface area contributed by atoms with Crippen LogP contribution in [0, 0.1) is 11.3 Å². The molecule has 2 aromatic rings. The molecule has 5 nitrogen and oxygen atoms in total. The quantitative estimate of drug-likeness (QED) is 0.868. The second-order valence-electron chi connectivity index (χ2n) is 3.01. The lowest BCUT2D eigenvalue weighted by Gasteiger charge is -2.03. The van der Waals surface area contributed by atoms with Crippen LogP contribution in [0.15, 0.2) is 24.3 Å². The van der Waals surface area contributed by atoms with E-state index in [2.05, 4.69) is 9.59 Å². The SMILES string of the molecule is N#Cc1ccc(OCc2nnsc2N)cc1. The van der Waals surface area contributed by atoms with E-state index in [-0.39, 0.29) is 6.61 Å². The van der Waals surface area contributed by atoms with E-state index in [1.54, 1.807) is 24.3 Å². The van der Waals surface area contributed by atoms with Crippen LogP contribution in [0.3, 0.4) is 0 Å². The van der Waals surface area contributed by atoms with Gasteiger partial charge in [-0.3, -0.25) is 0 Å². The highest BCUT2D eigenvalue weighted by Crippen LogP contribution is 2.17. The van der Waals surface area contributed by atoms with Gasteiger partial charge in [0.15, 0.2) is 0 Å². The normalized spacial score (nSPS) is 9.69. The van der Waals surface area contributed by atoms with Gasteiger partial charge in [-0.05, 0) is 24.3 Å². The predicted octanol–water partition coefficient (Wildman–Crippen LogP) is 1.57. The number of nitrogens with two attached hydrogens (primary N) is 1. The van der Waals surface area contributed by atoms with Crippen molar-refractivity contribution in [2.75, 3.05) is 5.73 Å². The Morgan fingerprint density at radius 2 is 2.12 bits per heavy atom. The van der Waals surface area contributed by atoms with Crippen LogP contribution in [0.4, 0.5) is 5.00 Å². The maximum Gasteiger partial charge on any atom is 0.136 e. The van der Waals surface area contributed by atoms with Gasteiger partial charge in [0.1, 0.15) is 23.1 Å². The molecule has 0 fully saturated rings. The zero-order chi connectivity index (χ0) is 11.4. The number of aromatic nitrogens is 2. The minimum absolute atomic E-state index is 0.286.